The molecule has 1 aromatic carbocycles. The molecule has 0 aliphatic rings. The van der Waals surface area contributed by atoms with Gasteiger partial charge in [0.25, 0.3) is 0 Å². The molecule has 21 heavy (non-hydrogen) atoms. The van der Waals surface area contributed by atoms with Gasteiger partial charge in [0.15, 0.2) is 0 Å². The molecule has 1 heteroatoms. The van der Waals surface area contributed by atoms with E-state index in [2.05, 4.69) is 46.1 Å². The first-order valence-corrected chi connectivity index (χ1v) is 8.40. The van der Waals surface area contributed by atoms with Crippen LogP contribution in [-0.4, -0.2) is 0 Å². The van der Waals surface area contributed by atoms with Crippen LogP contribution in [-0.2, 0) is 0 Å². The van der Waals surface area contributed by atoms with Crippen molar-refractivity contribution in [1.82, 2.24) is 0 Å². The van der Waals surface area contributed by atoms with E-state index in [0.29, 0.717) is 0 Å². The first kappa shape index (κ1) is 18.0. The van der Waals surface area contributed by atoms with Crippen molar-refractivity contribution in [1.29, 1.82) is 0 Å². The zero-order chi connectivity index (χ0) is 15.8. The number of aryl methyl sites for hydroxylation is 1. The van der Waals surface area contributed by atoms with Gasteiger partial charge < -0.3 is 0 Å². The van der Waals surface area contributed by atoms with Crippen LogP contribution in [0.4, 0.5) is 0 Å². The molecule has 0 radical (unpaired) electrons. The lowest BCUT2D eigenvalue weighted by Crippen LogP contribution is -2.01. The quantitative estimate of drug-likeness (QED) is 0.423. The summed E-state index contributed by atoms with van der Waals surface area (Å²) in [4.78, 5) is 0. The van der Waals surface area contributed by atoms with Crippen molar-refractivity contribution in [3.8, 4) is 0 Å². The van der Waals surface area contributed by atoms with Crippen molar-refractivity contribution in [3.63, 3.8) is 0 Å². The van der Waals surface area contributed by atoms with Crippen LogP contribution in [0.25, 0.3) is 5.57 Å². The summed E-state index contributed by atoms with van der Waals surface area (Å²) in [5.41, 5.74) is 4.76. The summed E-state index contributed by atoms with van der Waals surface area (Å²) in [6.07, 6.45) is 7.17. The molecule has 0 aromatic heterocycles. The number of halogens is 1. The molecule has 116 valence electrons. The third-order valence-corrected chi connectivity index (χ3v) is 4.24. The van der Waals surface area contributed by atoms with Crippen LogP contribution < -0.4 is 0 Å². The van der Waals surface area contributed by atoms with E-state index in [4.69, 9.17) is 11.6 Å². The Hall–Kier alpha value is -1.01. The number of hydrogen-bond acceptors (Lipinski definition) is 0. The van der Waals surface area contributed by atoms with Gasteiger partial charge in [0.05, 0.1) is 0 Å². The van der Waals surface area contributed by atoms with E-state index in [1.807, 2.05) is 6.07 Å². The Bertz CT molecular complexity index is 485. The smallest absolute Gasteiger partial charge is 0.0483 e. The summed E-state index contributed by atoms with van der Waals surface area (Å²) in [6, 6.07) is 6.22. The van der Waals surface area contributed by atoms with Crippen molar-refractivity contribution in [3.05, 3.63) is 53.1 Å². The predicted octanol–water partition coefficient (Wildman–Crippen LogP) is 7.21. The molecule has 0 aliphatic carbocycles. The van der Waals surface area contributed by atoms with Crippen LogP contribution in [0.2, 0.25) is 5.02 Å². The number of rotatable bonds is 9. The molecule has 0 saturated carbocycles. The summed E-state index contributed by atoms with van der Waals surface area (Å²) in [6.45, 7) is 14.7. The number of hydrogen-bond donors (Lipinski definition) is 0. The normalized spacial score (nSPS) is 12.2. The van der Waals surface area contributed by atoms with Gasteiger partial charge in [0, 0.05) is 5.02 Å². The van der Waals surface area contributed by atoms with Crippen LogP contribution in [0.5, 0.6) is 0 Å². The highest BCUT2D eigenvalue weighted by Gasteiger charge is 2.10. The monoisotopic (exact) mass is 304 g/mol. The molecule has 1 atom stereocenters. The SMILES string of the molecule is C=C(C)CC(CCC)CCCC(=C)c1ccc(C)cc1Cl. The minimum Gasteiger partial charge on any atom is -0.100 e. The lowest BCUT2D eigenvalue weighted by molar-refractivity contribution is 0.431. The van der Waals surface area contributed by atoms with E-state index in [9.17, 15) is 0 Å². The van der Waals surface area contributed by atoms with Crippen molar-refractivity contribution in [2.24, 2.45) is 5.92 Å². The minimum atomic E-state index is 0.772. The van der Waals surface area contributed by atoms with Crippen LogP contribution in [0, 0.1) is 12.8 Å². The van der Waals surface area contributed by atoms with Crippen LogP contribution in [0.15, 0.2) is 36.9 Å². The second-order valence-electron chi connectivity index (χ2n) is 6.30. The van der Waals surface area contributed by atoms with E-state index in [0.717, 1.165) is 34.9 Å². The highest BCUT2D eigenvalue weighted by atomic mass is 35.5. The first-order chi connectivity index (χ1) is 9.93. The molecule has 0 aliphatic heterocycles. The van der Waals surface area contributed by atoms with Gasteiger partial charge in [-0.1, -0.05) is 55.7 Å². The van der Waals surface area contributed by atoms with Gasteiger partial charge in [-0.15, -0.1) is 6.58 Å². The van der Waals surface area contributed by atoms with Gasteiger partial charge in [0.1, 0.15) is 0 Å². The van der Waals surface area contributed by atoms with Gasteiger partial charge in [-0.3, -0.25) is 0 Å². The second-order valence-corrected chi connectivity index (χ2v) is 6.70. The molecule has 1 rings (SSSR count). The Morgan fingerprint density at radius 1 is 1.24 bits per heavy atom. The zero-order valence-electron chi connectivity index (χ0n) is 13.8. The largest absolute Gasteiger partial charge is 0.100 e. The van der Waals surface area contributed by atoms with E-state index in [1.54, 1.807) is 0 Å². The number of benzene rings is 1. The minimum absolute atomic E-state index is 0.772. The zero-order valence-corrected chi connectivity index (χ0v) is 14.6. The van der Waals surface area contributed by atoms with Gasteiger partial charge >= 0.3 is 0 Å². The molecular weight excluding hydrogens is 276 g/mol. The molecule has 1 unspecified atom stereocenters. The maximum Gasteiger partial charge on any atom is 0.0483 e. The Morgan fingerprint density at radius 2 is 1.95 bits per heavy atom. The summed E-state index contributed by atoms with van der Waals surface area (Å²) in [5, 5.41) is 0.826. The van der Waals surface area contributed by atoms with E-state index >= 15 is 0 Å². The Morgan fingerprint density at radius 3 is 2.52 bits per heavy atom. The Labute approximate surface area is 135 Å². The first-order valence-electron chi connectivity index (χ1n) is 8.02. The predicted molar refractivity (Wildman–Crippen MR) is 96.9 cm³/mol. The fourth-order valence-electron chi connectivity index (χ4n) is 2.90. The molecular formula is C20H29Cl. The van der Waals surface area contributed by atoms with E-state index in [-0.39, 0.29) is 0 Å². The van der Waals surface area contributed by atoms with Crippen molar-refractivity contribution in [2.75, 3.05) is 0 Å². The second kappa shape index (κ2) is 9.10. The number of allylic oxidation sites excluding steroid dienone is 2. The summed E-state index contributed by atoms with van der Waals surface area (Å²) < 4.78 is 0. The van der Waals surface area contributed by atoms with Gasteiger partial charge in [-0.2, -0.15) is 0 Å². The molecule has 0 fully saturated rings. The highest BCUT2D eigenvalue weighted by Crippen LogP contribution is 2.29. The molecule has 1 aromatic rings. The fraction of sp³-hybridized carbons (Fsp3) is 0.500. The van der Waals surface area contributed by atoms with Crippen molar-refractivity contribution in [2.45, 2.75) is 59.3 Å². The third-order valence-electron chi connectivity index (χ3n) is 3.93. The Balaban J connectivity index is 2.50. The van der Waals surface area contributed by atoms with Crippen molar-refractivity contribution >= 4 is 17.2 Å². The molecule has 0 amide bonds. The maximum absolute atomic E-state index is 6.31. The van der Waals surface area contributed by atoms with E-state index in [1.165, 1.54) is 36.8 Å². The van der Waals surface area contributed by atoms with Gasteiger partial charge in [-0.25, -0.2) is 0 Å². The summed E-state index contributed by atoms with van der Waals surface area (Å²) >= 11 is 6.31. The average Bonchev–Trinajstić information content (AvgIpc) is 2.37. The van der Waals surface area contributed by atoms with Crippen LogP contribution >= 0.6 is 11.6 Å². The van der Waals surface area contributed by atoms with E-state index < -0.39 is 0 Å². The molecule has 0 heterocycles. The molecule has 0 saturated heterocycles. The molecule has 0 spiro atoms. The van der Waals surface area contributed by atoms with Crippen molar-refractivity contribution < 1.29 is 0 Å². The fourth-order valence-corrected chi connectivity index (χ4v) is 3.26. The van der Waals surface area contributed by atoms with Crippen LogP contribution in [0.3, 0.4) is 0 Å². The molecule has 0 bridgehead atoms. The topological polar surface area (TPSA) is 0 Å². The standard InChI is InChI=1S/C20H29Cl/c1-6-8-18(13-15(2)3)10-7-9-17(5)19-12-11-16(4)14-20(19)21/h11-12,14,18H,2,5-10,13H2,1,3-4H3. The maximum atomic E-state index is 6.31. The summed E-state index contributed by atoms with van der Waals surface area (Å²) in [5.74, 6) is 0.772. The molecule has 0 nitrogen and oxygen atoms in total. The molecule has 0 N–H and O–H groups in total. The van der Waals surface area contributed by atoms with Gasteiger partial charge in [-0.05, 0) is 68.2 Å². The summed E-state index contributed by atoms with van der Waals surface area (Å²) in [7, 11) is 0. The lowest BCUT2D eigenvalue weighted by Gasteiger charge is -2.16. The lowest BCUT2D eigenvalue weighted by atomic mass is 9.89. The van der Waals surface area contributed by atoms with Crippen LogP contribution in [0.1, 0.15) is 63.5 Å². The average molecular weight is 305 g/mol. The van der Waals surface area contributed by atoms with Gasteiger partial charge in [0.2, 0.25) is 0 Å². The Kier molecular flexibility index (Phi) is 7.82. The third kappa shape index (κ3) is 6.52. The highest BCUT2D eigenvalue weighted by molar-refractivity contribution is 6.32.